The number of rotatable bonds is 6. The molecule has 1 atom stereocenters. The van der Waals surface area contributed by atoms with Gasteiger partial charge in [0.2, 0.25) is 0 Å². The highest BCUT2D eigenvalue weighted by Crippen LogP contribution is 2.10. The lowest BCUT2D eigenvalue weighted by atomic mass is 10.0. The van der Waals surface area contributed by atoms with E-state index >= 15 is 0 Å². The Hall–Kier alpha value is -1.11. The van der Waals surface area contributed by atoms with Gasteiger partial charge in [-0.15, -0.1) is 0 Å². The Labute approximate surface area is 99.6 Å². The second-order valence-corrected chi connectivity index (χ2v) is 4.53. The fourth-order valence-corrected chi connectivity index (χ4v) is 1.90. The van der Waals surface area contributed by atoms with E-state index < -0.39 is 0 Å². The second kappa shape index (κ2) is 7.21. The maximum atomic E-state index is 4.11. The molecular weight excluding hydrogens is 194 g/mol. The molecular formula is C15H23N. The maximum absolute atomic E-state index is 4.11. The molecule has 0 amide bonds. The lowest BCUT2D eigenvalue weighted by Gasteiger charge is -2.04. The highest BCUT2D eigenvalue weighted by atomic mass is 14.6. The second-order valence-electron chi connectivity index (χ2n) is 4.53. The van der Waals surface area contributed by atoms with Gasteiger partial charge < -0.3 is 0 Å². The Morgan fingerprint density at radius 2 is 2.25 bits per heavy atom. The van der Waals surface area contributed by atoms with E-state index in [4.69, 9.17) is 0 Å². The Bertz CT molecular complexity index is 328. The predicted molar refractivity (Wildman–Crippen MR) is 70.5 cm³/mol. The number of nitrogens with zero attached hydrogens (tertiary/aromatic N) is 1. The third kappa shape index (κ3) is 4.61. The summed E-state index contributed by atoms with van der Waals surface area (Å²) >= 11 is 0. The van der Waals surface area contributed by atoms with Crippen LogP contribution < -0.4 is 0 Å². The molecule has 1 aromatic heterocycles. The minimum absolute atomic E-state index is 0.725. The summed E-state index contributed by atoms with van der Waals surface area (Å²) in [6.07, 6.45) is 13.3. The molecule has 0 saturated heterocycles. The van der Waals surface area contributed by atoms with Crippen LogP contribution in [-0.4, -0.2) is 4.98 Å². The molecule has 0 spiro atoms. The standard InChI is InChI=1S/C15H23N/c1-4-7-13(2)8-5-6-9-15-10-11-16-12-14(15)3/h5,8,10-13H,4,6-7,9H2,1-3H3. The zero-order valence-electron chi connectivity index (χ0n) is 10.7. The van der Waals surface area contributed by atoms with Gasteiger partial charge in [-0.25, -0.2) is 0 Å². The van der Waals surface area contributed by atoms with Crippen LogP contribution in [0.1, 0.15) is 44.2 Å². The van der Waals surface area contributed by atoms with Crippen LogP contribution in [0.15, 0.2) is 30.6 Å². The molecule has 0 radical (unpaired) electrons. The zero-order chi connectivity index (χ0) is 11.8. The molecule has 0 N–H and O–H groups in total. The summed E-state index contributed by atoms with van der Waals surface area (Å²) in [7, 11) is 0. The molecule has 0 bridgehead atoms. The fourth-order valence-electron chi connectivity index (χ4n) is 1.90. The number of allylic oxidation sites excluding steroid dienone is 2. The van der Waals surface area contributed by atoms with Crippen LogP contribution in [0.25, 0.3) is 0 Å². The van der Waals surface area contributed by atoms with Crippen molar-refractivity contribution in [3.63, 3.8) is 0 Å². The first-order chi connectivity index (χ1) is 7.74. The summed E-state index contributed by atoms with van der Waals surface area (Å²) in [6.45, 7) is 6.66. The first kappa shape index (κ1) is 13.0. The van der Waals surface area contributed by atoms with Gasteiger partial charge in [0.05, 0.1) is 0 Å². The van der Waals surface area contributed by atoms with Crippen molar-refractivity contribution in [2.24, 2.45) is 5.92 Å². The minimum Gasteiger partial charge on any atom is -0.264 e. The van der Waals surface area contributed by atoms with Crippen molar-refractivity contribution in [1.82, 2.24) is 4.98 Å². The first-order valence-corrected chi connectivity index (χ1v) is 6.30. The molecule has 1 rings (SSSR count). The van der Waals surface area contributed by atoms with Gasteiger partial charge >= 0.3 is 0 Å². The summed E-state index contributed by atoms with van der Waals surface area (Å²) in [4.78, 5) is 4.11. The van der Waals surface area contributed by atoms with E-state index in [0.717, 1.165) is 18.8 Å². The van der Waals surface area contributed by atoms with E-state index in [-0.39, 0.29) is 0 Å². The van der Waals surface area contributed by atoms with Gasteiger partial charge in [-0.05, 0) is 49.3 Å². The van der Waals surface area contributed by atoms with Crippen LogP contribution in [-0.2, 0) is 6.42 Å². The monoisotopic (exact) mass is 217 g/mol. The Kier molecular flexibility index (Phi) is 5.84. The lowest BCUT2D eigenvalue weighted by molar-refractivity contribution is 0.632. The van der Waals surface area contributed by atoms with Gasteiger partial charge in [-0.3, -0.25) is 4.98 Å². The number of aryl methyl sites for hydroxylation is 2. The van der Waals surface area contributed by atoms with Gasteiger partial charge in [-0.2, -0.15) is 0 Å². The summed E-state index contributed by atoms with van der Waals surface area (Å²) in [5, 5.41) is 0. The molecule has 88 valence electrons. The smallest absolute Gasteiger partial charge is 0.0299 e. The average Bonchev–Trinajstić information content (AvgIpc) is 2.27. The SMILES string of the molecule is CCCC(C)C=CCCc1ccncc1C. The van der Waals surface area contributed by atoms with Crippen LogP contribution >= 0.6 is 0 Å². The Balaban J connectivity index is 2.33. The van der Waals surface area contributed by atoms with Crippen LogP contribution in [0.5, 0.6) is 0 Å². The molecule has 0 aliphatic carbocycles. The largest absolute Gasteiger partial charge is 0.264 e. The molecule has 1 aromatic rings. The molecule has 0 aliphatic heterocycles. The van der Waals surface area contributed by atoms with E-state index in [9.17, 15) is 0 Å². The maximum Gasteiger partial charge on any atom is 0.0299 e. The summed E-state index contributed by atoms with van der Waals surface area (Å²) in [5.74, 6) is 0.725. The van der Waals surface area contributed by atoms with Crippen molar-refractivity contribution in [2.45, 2.75) is 46.5 Å². The first-order valence-electron chi connectivity index (χ1n) is 6.30. The highest BCUT2D eigenvalue weighted by molar-refractivity contribution is 5.21. The fraction of sp³-hybridized carbons (Fsp3) is 0.533. The van der Waals surface area contributed by atoms with E-state index in [1.165, 1.54) is 24.0 Å². The van der Waals surface area contributed by atoms with Crippen molar-refractivity contribution < 1.29 is 0 Å². The van der Waals surface area contributed by atoms with E-state index in [2.05, 4.69) is 44.0 Å². The number of aromatic nitrogens is 1. The van der Waals surface area contributed by atoms with E-state index in [1.807, 2.05) is 12.4 Å². The molecule has 0 aromatic carbocycles. The van der Waals surface area contributed by atoms with Gasteiger partial charge in [0.25, 0.3) is 0 Å². The van der Waals surface area contributed by atoms with Crippen molar-refractivity contribution >= 4 is 0 Å². The van der Waals surface area contributed by atoms with Crippen molar-refractivity contribution in [1.29, 1.82) is 0 Å². The van der Waals surface area contributed by atoms with Gasteiger partial charge in [0, 0.05) is 12.4 Å². The van der Waals surface area contributed by atoms with Crippen LogP contribution in [0.3, 0.4) is 0 Å². The average molecular weight is 217 g/mol. The summed E-state index contributed by atoms with van der Waals surface area (Å²) < 4.78 is 0. The number of pyridine rings is 1. The van der Waals surface area contributed by atoms with Crippen LogP contribution in [0.4, 0.5) is 0 Å². The molecule has 16 heavy (non-hydrogen) atoms. The van der Waals surface area contributed by atoms with Gasteiger partial charge in [-0.1, -0.05) is 32.4 Å². The quantitative estimate of drug-likeness (QED) is 0.647. The lowest BCUT2D eigenvalue weighted by Crippen LogP contribution is -1.90. The molecule has 0 fully saturated rings. The van der Waals surface area contributed by atoms with Crippen molar-refractivity contribution in [3.8, 4) is 0 Å². The summed E-state index contributed by atoms with van der Waals surface area (Å²) in [6, 6.07) is 2.12. The molecule has 1 heteroatoms. The van der Waals surface area contributed by atoms with Crippen LogP contribution in [0, 0.1) is 12.8 Å². The topological polar surface area (TPSA) is 12.9 Å². The highest BCUT2D eigenvalue weighted by Gasteiger charge is 1.96. The van der Waals surface area contributed by atoms with E-state index in [1.54, 1.807) is 0 Å². The Morgan fingerprint density at radius 1 is 1.44 bits per heavy atom. The molecule has 0 saturated carbocycles. The normalized spacial score (nSPS) is 13.2. The van der Waals surface area contributed by atoms with E-state index in [0.29, 0.717) is 0 Å². The third-order valence-electron chi connectivity index (χ3n) is 2.93. The minimum atomic E-state index is 0.725. The number of hydrogen-bond acceptors (Lipinski definition) is 1. The zero-order valence-corrected chi connectivity index (χ0v) is 10.7. The van der Waals surface area contributed by atoms with Crippen LogP contribution in [0.2, 0.25) is 0 Å². The molecule has 1 nitrogen and oxygen atoms in total. The molecule has 1 heterocycles. The third-order valence-corrected chi connectivity index (χ3v) is 2.93. The van der Waals surface area contributed by atoms with Gasteiger partial charge in [0.1, 0.15) is 0 Å². The van der Waals surface area contributed by atoms with Crippen molar-refractivity contribution in [3.05, 3.63) is 41.7 Å². The van der Waals surface area contributed by atoms with Crippen molar-refractivity contribution in [2.75, 3.05) is 0 Å². The van der Waals surface area contributed by atoms with Gasteiger partial charge in [0.15, 0.2) is 0 Å². The summed E-state index contributed by atoms with van der Waals surface area (Å²) in [5.41, 5.74) is 2.72. The number of hydrogen-bond donors (Lipinski definition) is 0. The molecule has 0 aliphatic rings. The Morgan fingerprint density at radius 3 is 2.94 bits per heavy atom. The molecule has 1 unspecified atom stereocenters. The predicted octanol–water partition coefficient (Wildman–Crippen LogP) is 4.32.